The third kappa shape index (κ3) is 1.71. The summed E-state index contributed by atoms with van der Waals surface area (Å²) in [6, 6.07) is 1.98. The molecular formula is C9H13N3O. The molecular weight excluding hydrogens is 166 g/mol. The molecule has 0 unspecified atom stereocenters. The van der Waals surface area contributed by atoms with E-state index in [0.29, 0.717) is 5.92 Å². The molecule has 70 valence electrons. The van der Waals surface area contributed by atoms with Crippen molar-refractivity contribution in [3.05, 3.63) is 18.0 Å². The molecule has 2 rings (SSSR count). The van der Waals surface area contributed by atoms with Crippen molar-refractivity contribution in [2.24, 2.45) is 5.73 Å². The second-order valence-corrected chi connectivity index (χ2v) is 3.53. The lowest BCUT2D eigenvalue weighted by Crippen LogP contribution is -2.19. The number of carbonyl (C=O) groups is 1. The Morgan fingerprint density at radius 3 is 3.00 bits per heavy atom. The zero-order valence-electron chi connectivity index (χ0n) is 7.44. The largest absolute Gasteiger partial charge is 0.368 e. The smallest absolute Gasteiger partial charge is 0.239 e. The summed E-state index contributed by atoms with van der Waals surface area (Å²) in [5.74, 6) is 0.275. The van der Waals surface area contributed by atoms with Crippen molar-refractivity contribution in [2.45, 2.75) is 31.7 Å². The van der Waals surface area contributed by atoms with Gasteiger partial charge < -0.3 is 5.73 Å². The van der Waals surface area contributed by atoms with Crippen LogP contribution in [0.3, 0.4) is 0 Å². The lowest BCUT2D eigenvalue weighted by atomic mass is 9.83. The van der Waals surface area contributed by atoms with E-state index < -0.39 is 0 Å². The Balaban J connectivity index is 2.04. The van der Waals surface area contributed by atoms with E-state index in [4.69, 9.17) is 5.73 Å². The van der Waals surface area contributed by atoms with Gasteiger partial charge in [-0.15, -0.1) is 0 Å². The Hall–Kier alpha value is -1.32. The SMILES string of the molecule is NC(=O)Cn1ccc(C2CCC2)n1. The van der Waals surface area contributed by atoms with Gasteiger partial charge >= 0.3 is 0 Å². The molecule has 0 bridgehead atoms. The van der Waals surface area contributed by atoms with E-state index in [9.17, 15) is 4.79 Å². The molecule has 1 aromatic heterocycles. The summed E-state index contributed by atoms with van der Waals surface area (Å²) in [5.41, 5.74) is 6.16. The minimum atomic E-state index is -0.344. The third-order valence-corrected chi connectivity index (χ3v) is 2.50. The van der Waals surface area contributed by atoms with Crippen LogP contribution in [-0.2, 0) is 11.3 Å². The monoisotopic (exact) mass is 179 g/mol. The van der Waals surface area contributed by atoms with Crippen LogP contribution in [0.2, 0.25) is 0 Å². The summed E-state index contributed by atoms with van der Waals surface area (Å²) < 4.78 is 1.61. The molecule has 0 aliphatic heterocycles. The van der Waals surface area contributed by atoms with Crippen LogP contribution in [0.5, 0.6) is 0 Å². The first-order valence-electron chi connectivity index (χ1n) is 4.57. The minimum Gasteiger partial charge on any atom is -0.368 e. The number of carbonyl (C=O) groups excluding carboxylic acids is 1. The van der Waals surface area contributed by atoms with Crippen LogP contribution in [0.4, 0.5) is 0 Å². The zero-order valence-corrected chi connectivity index (χ0v) is 7.44. The van der Waals surface area contributed by atoms with Gasteiger partial charge in [-0.1, -0.05) is 6.42 Å². The molecule has 0 radical (unpaired) electrons. The van der Waals surface area contributed by atoms with Crippen LogP contribution in [0.1, 0.15) is 30.9 Å². The maximum Gasteiger partial charge on any atom is 0.239 e. The number of aromatic nitrogens is 2. The molecule has 0 saturated heterocycles. The van der Waals surface area contributed by atoms with E-state index >= 15 is 0 Å². The van der Waals surface area contributed by atoms with Crippen LogP contribution < -0.4 is 5.73 Å². The highest BCUT2D eigenvalue weighted by atomic mass is 16.1. The van der Waals surface area contributed by atoms with Crippen molar-refractivity contribution in [3.63, 3.8) is 0 Å². The molecule has 0 spiro atoms. The summed E-state index contributed by atoms with van der Waals surface area (Å²) in [7, 11) is 0. The highest BCUT2D eigenvalue weighted by Gasteiger charge is 2.21. The lowest BCUT2D eigenvalue weighted by Gasteiger charge is -2.22. The van der Waals surface area contributed by atoms with E-state index in [2.05, 4.69) is 5.10 Å². The average Bonchev–Trinajstić information content (AvgIpc) is 2.31. The fraction of sp³-hybridized carbons (Fsp3) is 0.556. The molecule has 4 nitrogen and oxygen atoms in total. The van der Waals surface area contributed by atoms with Gasteiger partial charge in [0.1, 0.15) is 6.54 Å². The molecule has 1 aromatic rings. The topological polar surface area (TPSA) is 60.9 Å². The molecule has 1 fully saturated rings. The predicted molar refractivity (Wildman–Crippen MR) is 48.0 cm³/mol. The van der Waals surface area contributed by atoms with Crippen LogP contribution in [0.15, 0.2) is 12.3 Å². The third-order valence-electron chi connectivity index (χ3n) is 2.50. The van der Waals surface area contributed by atoms with Crippen molar-refractivity contribution >= 4 is 5.91 Å². The zero-order chi connectivity index (χ0) is 9.26. The number of nitrogens with two attached hydrogens (primary N) is 1. The van der Waals surface area contributed by atoms with Crippen LogP contribution in [0, 0.1) is 0 Å². The Morgan fingerprint density at radius 1 is 1.69 bits per heavy atom. The predicted octanol–water partition coefficient (Wildman–Crippen LogP) is 0.636. The Morgan fingerprint density at radius 2 is 2.46 bits per heavy atom. The van der Waals surface area contributed by atoms with E-state index in [1.165, 1.54) is 19.3 Å². The molecule has 1 amide bonds. The van der Waals surface area contributed by atoms with E-state index in [1.54, 1.807) is 4.68 Å². The van der Waals surface area contributed by atoms with E-state index in [0.717, 1.165) is 5.69 Å². The minimum absolute atomic E-state index is 0.187. The fourth-order valence-corrected chi connectivity index (χ4v) is 1.55. The van der Waals surface area contributed by atoms with Gasteiger partial charge in [-0.3, -0.25) is 9.48 Å². The standard InChI is InChI=1S/C9H13N3O/c10-9(13)6-12-5-4-8(11-12)7-2-1-3-7/h4-5,7H,1-3,6H2,(H2,10,13). The van der Waals surface area contributed by atoms with Gasteiger partial charge in [-0.2, -0.15) is 5.10 Å². The lowest BCUT2D eigenvalue weighted by molar-refractivity contribution is -0.118. The summed E-state index contributed by atoms with van der Waals surface area (Å²) in [6.07, 6.45) is 5.58. The van der Waals surface area contributed by atoms with Crippen LogP contribution in [0.25, 0.3) is 0 Å². The number of amides is 1. The molecule has 0 aromatic carbocycles. The Kier molecular flexibility index (Phi) is 2.04. The van der Waals surface area contributed by atoms with Crippen molar-refractivity contribution in [1.29, 1.82) is 0 Å². The van der Waals surface area contributed by atoms with Crippen molar-refractivity contribution in [3.8, 4) is 0 Å². The van der Waals surface area contributed by atoms with Gasteiger partial charge in [0.2, 0.25) is 5.91 Å². The number of nitrogens with zero attached hydrogens (tertiary/aromatic N) is 2. The second-order valence-electron chi connectivity index (χ2n) is 3.53. The van der Waals surface area contributed by atoms with Gasteiger partial charge in [0.25, 0.3) is 0 Å². The number of hydrogen-bond donors (Lipinski definition) is 1. The van der Waals surface area contributed by atoms with Gasteiger partial charge in [0.15, 0.2) is 0 Å². The summed E-state index contributed by atoms with van der Waals surface area (Å²) in [6.45, 7) is 0.187. The Bertz CT molecular complexity index is 314. The summed E-state index contributed by atoms with van der Waals surface area (Å²) in [5, 5.41) is 4.29. The molecule has 0 atom stereocenters. The van der Waals surface area contributed by atoms with Crippen molar-refractivity contribution < 1.29 is 4.79 Å². The normalized spacial score (nSPS) is 16.9. The maximum absolute atomic E-state index is 10.6. The highest BCUT2D eigenvalue weighted by molar-refractivity contribution is 5.73. The molecule has 4 heteroatoms. The number of rotatable bonds is 3. The van der Waals surface area contributed by atoms with Crippen LogP contribution in [-0.4, -0.2) is 15.7 Å². The molecule has 1 saturated carbocycles. The molecule has 13 heavy (non-hydrogen) atoms. The molecule has 2 N–H and O–H groups in total. The van der Waals surface area contributed by atoms with Gasteiger partial charge in [-0.05, 0) is 18.9 Å². The highest BCUT2D eigenvalue weighted by Crippen LogP contribution is 2.34. The first-order chi connectivity index (χ1) is 6.25. The van der Waals surface area contributed by atoms with Crippen LogP contribution >= 0.6 is 0 Å². The van der Waals surface area contributed by atoms with Gasteiger partial charge in [0, 0.05) is 12.1 Å². The number of hydrogen-bond acceptors (Lipinski definition) is 2. The fourth-order valence-electron chi connectivity index (χ4n) is 1.55. The van der Waals surface area contributed by atoms with Gasteiger partial charge in [-0.25, -0.2) is 0 Å². The molecule has 1 aliphatic rings. The van der Waals surface area contributed by atoms with Crippen molar-refractivity contribution in [1.82, 2.24) is 9.78 Å². The first-order valence-corrected chi connectivity index (χ1v) is 4.57. The quantitative estimate of drug-likeness (QED) is 0.740. The number of primary amides is 1. The average molecular weight is 179 g/mol. The first kappa shape index (κ1) is 8.29. The van der Waals surface area contributed by atoms with Crippen molar-refractivity contribution in [2.75, 3.05) is 0 Å². The summed E-state index contributed by atoms with van der Waals surface area (Å²) >= 11 is 0. The Labute approximate surface area is 76.7 Å². The van der Waals surface area contributed by atoms with Gasteiger partial charge in [0.05, 0.1) is 5.69 Å². The maximum atomic E-state index is 10.6. The molecule has 1 aliphatic carbocycles. The second kappa shape index (κ2) is 3.20. The van der Waals surface area contributed by atoms with E-state index in [1.807, 2.05) is 12.3 Å². The molecule has 1 heterocycles. The van der Waals surface area contributed by atoms with E-state index in [-0.39, 0.29) is 12.5 Å². The summed E-state index contributed by atoms with van der Waals surface area (Å²) in [4.78, 5) is 10.6.